The van der Waals surface area contributed by atoms with Crippen molar-refractivity contribution in [2.24, 2.45) is 10.6 Å². The molecule has 0 atom stereocenters. The van der Waals surface area contributed by atoms with Gasteiger partial charge < -0.3 is 14.8 Å². The molecule has 1 saturated heterocycles. The Balaban J connectivity index is 2.68. The normalized spacial score (nSPS) is 22.6. The minimum Gasteiger partial charge on any atom is -0.444 e. The summed E-state index contributed by atoms with van der Waals surface area (Å²) in [4.78, 5) is 13.6. The largest absolute Gasteiger partial charge is 0.444 e. The lowest BCUT2D eigenvalue weighted by atomic mass is 9.82. The van der Waals surface area contributed by atoms with E-state index in [0.29, 0.717) is 19.5 Å². The molecule has 0 unspecified atom stereocenters. The zero-order valence-corrected chi connectivity index (χ0v) is 11.3. The average molecular weight is 242 g/mol. The Morgan fingerprint density at radius 1 is 1.47 bits per heavy atom. The molecule has 0 aromatic rings. The maximum atomic E-state index is 11.9. The summed E-state index contributed by atoms with van der Waals surface area (Å²) in [5, 5.41) is 12.2. The van der Waals surface area contributed by atoms with Crippen molar-refractivity contribution in [3.8, 4) is 0 Å². The van der Waals surface area contributed by atoms with Crippen LogP contribution in [-0.4, -0.2) is 40.6 Å². The molecule has 1 aliphatic heterocycles. The summed E-state index contributed by atoms with van der Waals surface area (Å²) in [5.41, 5.74) is -0.0477. The number of oxime groups is 1. The topological polar surface area (TPSA) is 62.1 Å². The van der Waals surface area contributed by atoms with E-state index in [1.807, 2.05) is 34.6 Å². The lowest BCUT2D eigenvalue weighted by molar-refractivity contribution is 0.0189. The van der Waals surface area contributed by atoms with Gasteiger partial charge in [0, 0.05) is 24.9 Å². The first kappa shape index (κ1) is 13.8. The third-order valence-electron chi connectivity index (χ3n) is 2.76. The second kappa shape index (κ2) is 4.55. The maximum absolute atomic E-state index is 11.9. The van der Waals surface area contributed by atoms with E-state index >= 15 is 0 Å². The number of amides is 1. The zero-order chi connectivity index (χ0) is 13.3. The van der Waals surface area contributed by atoms with Crippen molar-refractivity contribution in [3.63, 3.8) is 0 Å². The molecule has 0 radical (unpaired) electrons. The van der Waals surface area contributed by atoms with Crippen LogP contribution in [0.25, 0.3) is 0 Å². The predicted octanol–water partition coefficient (Wildman–Crippen LogP) is 2.48. The molecule has 0 bridgehead atoms. The van der Waals surface area contributed by atoms with Crippen LogP contribution in [0.4, 0.5) is 4.79 Å². The molecule has 0 spiro atoms. The Labute approximate surface area is 102 Å². The standard InChI is InChI=1S/C12H22N2O3/c1-11(2,3)17-10(15)14-7-6-9(13-16)12(4,5)8-14/h16H,6-8H2,1-5H3/b13-9+. The molecular formula is C12H22N2O3. The van der Waals surface area contributed by atoms with Gasteiger partial charge in [0.15, 0.2) is 0 Å². The van der Waals surface area contributed by atoms with E-state index in [-0.39, 0.29) is 11.5 Å². The maximum Gasteiger partial charge on any atom is 0.410 e. The van der Waals surface area contributed by atoms with Gasteiger partial charge in [-0.25, -0.2) is 4.79 Å². The van der Waals surface area contributed by atoms with Crippen LogP contribution < -0.4 is 0 Å². The fourth-order valence-corrected chi connectivity index (χ4v) is 1.89. The molecule has 0 aromatic heterocycles. The van der Waals surface area contributed by atoms with Gasteiger partial charge in [-0.1, -0.05) is 19.0 Å². The molecule has 5 nitrogen and oxygen atoms in total. The first-order chi connectivity index (χ1) is 7.65. The Kier molecular flexibility index (Phi) is 3.69. The quantitative estimate of drug-likeness (QED) is 0.524. The molecule has 5 heteroatoms. The van der Waals surface area contributed by atoms with Crippen LogP contribution >= 0.6 is 0 Å². The Morgan fingerprint density at radius 3 is 2.47 bits per heavy atom. The van der Waals surface area contributed by atoms with E-state index in [1.54, 1.807) is 4.90 Å². The fraction of sp³-hybridized carbons (Fsp3) is 0.833. The highest BCUT2D eigenvalue weighted by molar-refractivity contribution is 5.91. The molecule has 1 fully saturated rings. The summed E-state index contributed by atoms with van der Waals surface area (Å²) in [6.07, 6.45) is 0.283. The van der Waals surface area contributed by atoms with Crippen molar-refractivity contribution >= 4 is 11.8 Å². The second-order valence-corrected chi connectivity index (χ2v) is 6.08. The molecule has 0 aliphatic carbocycles. The van der Waals surface area contributed by atoms with E-state index < -0.39 is 5.60 Å². The number of likely N-dealkylation sites (tertiary alicyclic amines) is 1. The van der Waals surface area contributed by atoms with Gasteiger partial charge in [-0.2, -0.15) is 0 Å². The second-order valence-electron chi connectivity index (χ2n) is 6.08. The Bertz CT molecular complexity index is 329. The smallest absolute Gasteiger partial charge is 0.410 e. The summed E-state index contributed by atoms with van der Waals surface area (Å²) in [7, 11) is 0. The molecule has 1 N–H and O–H groups in total. The van der Waals surface area contributed by atoms with E-state index in [1.165, 1.54) is 0 Å². The van der Waals surface area contributed by atoms with Gasteiger partial charge in [0.25, 0.3) is 0 Å². The summed E-state index contributed by atoms with van der Waals surface area (Å²) in [6, 6.07) is 0. The molecule has 1 heterocycles. The van der Waals surface area contributed by atoms with Crippen LogP contribution in [0.5, 0.6) is 0 Å². The summed E-state index contributed by atoms with van der Waals surface area (Å²) in [5.74, 6) is 0. The summed E-state index contributed by atoms with van der Waals surface area (Å²) < 4.78 is 5.32. The van der Waals surface area contributed by atoms with Crippen LogP contribution in [-0.2, 0) is 4.74 Å². The molecule has 1 aliphatic rings. The van der Waals surface area contributed by atoms with Crippen LogP contribution in [0.15, 0.2) is 5.16 Å². The van der Waals surface area contributed by atoms with Crippen LogP contribution in [0.1, 0.15) is 41.0 Å². The van der Waals surface area contributed by atoms with Crippen LogP contribution in [0.2, 0.25) is 0 Å². The van der Waals surface area contributed by atoms with Crippen molar-refractivity contribution in [1.82, 2.24) is 4.90 Å². The van der Waals surface area contributed by atoms with Gasteiger partial charge in [-0.15, -0.1) is 0 Å². The summed E-state index contributed by atoms with van der Waals surface area (Å²) in [6.45, 7) is 10.5. The SMILES string of the molecule is CC(C)(C)OC(=O)N1CC/C(=N\O)C(C)(C)C1. The molecular weight excluding hydrogens is 220 g/mol. The number of hydrogen-bond donors (Lipinski definition) is 1. The first-order valence-electron chi connectivity index (χ1n) is 5.85. The van der Waals surface area contributed by atoms with Gasteiger partial charge in [0.2, 0.25) is 0 Å². The lowest BCUT2D eigenvalue weighted by Crippen LogP contribution is -2.50. The van der Waals surface area contributed by atoms with E-state index in [4.69, 9.17) is 9.94 Å². The Morgan fingerprint density at radius 2 is 2.06 bits per heavy atom. The highest BCUT2D eigenvalue weighted by Crippen LogP contribution is 2.27. The highest BCUT2D eigenvalue weighted by atomic mass is 16.6. The van der Waals surface area contributed by atoms with Gasteiger partial charge in [-0.3, -0.25) is 0 Å². The molecule has 98 valence electrons. The van der Waals surface area contributed by atoms with Gasteiger partial charge in [-0.05, 0) is 20.8 Å². The molecule has 17 heavy (non-hydrogen) atoms. The number of carbonyl (C=O) groups is 1. The van der Waals surface area contributed by atoms with Gasteiger partial charge in [0.05, 0.1) is 5.71 Å². The van der Waals surface area contributed by atoms with E-state index in [9.17, 15) is 4.79 Å². The van der Waals surface area contributed by atoms with Gasteiger partial charge in [0.1, 0.15) is 5.60 Å². The van der Waals surface area contributed by atoms with Crippen LogP contribution in [0, 0.1) is 5.41 Å². The number of nitrogens with zero attached hydrogens (tertiary/aromatic N) is 2. The van der Waals surface area contributed by atoms with E-state index in [0.717, 1.165) is 5.71 Å². The van der Waals surface area contributed by atoms with Gasteiger partial charge >= 0.3 is 6.09 Å². The predicted molar refractivity (Wildman–Crippen MR) is 65.4 cm³/mol. The minimum atomic E-state index is -0.480. The monoisotopic (exact) mass is 242 g/mol. The lowest BCUT2D eigenvalue weighted by Gasteiger charge is -2.38. The number of piperidine rings is 1. The molecule has 1 rings (SSSR count). The average Bonchev–Trinajstić information content (AvgIpc) is 2.13. The van der Waals surface area contributed by atoms with Crippen molar-refractivity contribution in [3.05, 3.63) is 0 Å². The number of rotatable bonds is 0. The number of hydrogen-bond acceptors (Lipinski definition) is 4. The number of ether oxygens (including phenoxy) is 1. The first-order valence-corrected chi connectivity index (χ1v) is 5.85. The fourth-order valence-electron chi connectivity index (χ4n) is 1.89. The van der Waals surface area contributed by atoms with Crippen molar-refractivity contribution in [2.75, 3.05) is 13.1 Å². The zero-order valence-electron chi connectivity index (χ0n) is 11.3. The third kappa shape index (κ3) is 3.61. The molecule has 0 saturated carbocycles. The highest BCUT2D eigenvalue weighted by Gasteiger charge is 2.36. The minimum absolute atomic E-state index is 0.302. The van der Waals surface area contributed by atoms with Crippen molar-refractivity contribution in [2.45, 2.75) is 46.6 Å². The Hall–Kier alpha value is -1.26. The van der Waals surface area contributed by atoms with Crippen LogP contribution in [0.3, 0.4) is 0 Å². The summed E-state index contributed by atoms with van der Waals surface area (Å²) >= 11 is 0. The van der Waals surface area contributed by atoms with Crippen molar-refractivity contribution < 1.29 is 14.7 Å². The molecule has 0 aromatic carbocycles. The number of carbonyl (C=O) groups excluding carboxylic acids is 1. The molecule has 1 amide bonds. The van der Waals surface area contributed by atoms with E-state index in [2.05, 4.69) is 5.16 Å². The third-order valence-corrected chi connectivity index (χ3v) is 2.76. The van der Waals surface area contributed by atoms with Crippen molar-refractivity contribution in [1.29, 1.82) is 0 Å².